The molecule has 7 atom stereocenters. The topological polar surface area (TPSA) is 96.4 Å². The number of unbranched alkanes of at least 4 members (excludes halogenated alkanes) is 2. The van der Waals surface area contributed by atoms with Crippen LogP contribution in [0.3, 0.4) is 0 Å². The highest BCUT2D eigenvalue weighted by molar-refractivity contribution is 5.99. The summed E-state index contributed by atoms with van der Waals surface area (Å²) >= 11 is 0. The standard InChI is InChI=1S/C32H44N2O6/c1-7-9-10-14-18-39-30(38)26-25-28(36)34(24(20-35)23-15-12-11-13-16-23)27(29(37)33(17-8-2)21(3)4)32(25)19-22(5)31(26,6)40-32/h7-8,11-13,15-16,21-22,24-27,35H,1-2,9-10,14,17-20H2,3-6H3/t22?,24-,25+,26-,27?,31+,32?/m1/s1. The minimum Gasteiger partial charge on any atom is -0.465 e. The van der Waals surface area contributed by atoms with Crippen molar-refractivity contribution >= 4 is 17.8 Å². The van der Waals surface area contributed by atoms with Gasteiger partial charge in [-0.2, -0.15) is 0 Å². The molecule has 3 fully saturated rings. The zero-order valence-corrected chi connectivity index (χ0v) is 24.3. The normalized spacial score (nSPS) is 31.2. The molecule has 8 nitrogen and oxygen atoms in total. The summed E-state index contributed by atoms with van der Waals surface area (Å²) in [5, 5.41) is 10.6. The molecule has 1 N–H and O–H groups in total. The van der Waals surface area contributed by atoms with Crippen LogP contribution in [0.1, 0.15) is 65.0 Å². The SMILES string of the molecule is C=CCCCCOC(=O)[C@H]1[C@H]2C(=O)N([C@H](CO)c3ccccc3)C(C(=O)N(CC=C)C(C)C)C23CC(C)[C@]1(C)O3. The minimum absolute atomic E-state index is 0.0960. The summed E-state index contributed by atoms with van der Waals surface area (Å²) in [5.41, 5.74) is -1.46. The highest BCUT2D eigenvalue weighted by atomic mass is 16.6. The third kappa shape index (κ3) is 4.79. The smallest absolute Gasteiger partial charge is 0.312 e. The van der Waals surface area contributed by atoms with Crippen LogP contribution in [-0.2, 0) is 23.9 Å². The first-order valence-corrected chi connectivity index (χ1v) is 14.5. The maximum absolute atomic E-state index is 14.5. The predicted molar refractivity (Wildman–Crippen MR) is 152 cm³/mol. The third-order valence-electron chi connectivity index (χ3n) is 9.21. The molecule has 2 amide bonds. The van der Waals surface area contributed by atoms with Gasteiger partial charge in [0.1, 0.15) is 17.6 Å². The van der Waals surface area contributed by atoms with E-state index < -0.39 is 41.1 Å². The van der Waals surface area contributed by atoms with Gasteiger partial charge in [0, 0.05) is 12.6 Å². The quantitative estimate of drug-likeness (QED) is 0.225. The van der Waals surface area contributed by atoms with E-state index in [-0.39, 0.29) is 37.0 Å². The molecule has 3 aliphatic rings. The molecule has 2 bridgehead atoms. The fraction of sp³-hybridized carbons (Fsp3) is 0.594. The van der Waals surface area contributed by atoms with E-state index in [1.54, 1.807) is 11.0 Å². The van der Waals surface area contributed by atoms with Gasteiger partial charge >= 0.3 is 5.97 Å². The number of fused-ring (bicyclic) bond motifs is 1. The monoisotopic (exact) mass is 552 g/mol. The van der Waals surface area contributed by atoms with Gasteiger partial charge in [0.2, 0.25) is 11.8 Å². The van der Waals surface area contributed by atoms with Crippen molar-refractivity contribution in [3.05, 3.63) is 61.2 Å². The molecule has 3 unspecified atom stereocenters. The van der Waals surface area contributed by atoms with Crippen LogP contribution in [0.2, 0.25) is 0 Å². The van der Waals surface area contributed by atoms with Crippen molar-refractivity contribution in [3.8, 4) is 0 Å². The van der Waals surface area contributed by atoms with E-state index in [1.807, 2.05) is 64.1 Å². The number of aliphatic hydroxyl groups is 1. The number of benzene rings is 1. The molecule has 0 radical (unpaired) electrons. The number of nitrogens with zero attached hydrogens (tertiary/aromatic N) is 2. The fourth-order valence-corrected chi connectivity index (χ4v) is 7.18. The van der Waals surface area contributed by atoms with Gasteiger partial charge in [-0.3, -0.25) is 14.4 Å². The average molecular weight is 553 g/mol. The summed E-state index contributed by atoms with van der Waals surface area (Å²) in [5.74, 6) is -2.93. The Morgan fingerprint density at radius 3 is 2.52 bits per heavy atom. The molecule has 3 heterocycles. The fourth-order valence-electron chi connectivity index (χ4n) is 7.18. The van der Waals surface area contributed by atoms with Crippen molar-refractivity contribution in [2.24, 2.45) is 17.8 Å². The first kappa shape index (κ1) is 30.0. The van der Waals surface area contributed by atoms with Gasteiger partial charge < -0.3 is 24.4 Å². The van der Waals surface area contributed by atoms with Gasteiger partial charge in [-0.15, -0.1) is 13.2 Å². The zero-order valence-electron chi connectivity index (χ0n) is 24.3. The third-order valence-corrected chi connectivity index (χ3v) is 9.21. The summed E-state index contributed by atoms with van der Waals surface area (Å²) in [7, 11) is 0. The van der Waals surface area contributed by atoms with Crippen LogP contribution in [0.4, 0.5) is 0 Å². The van der Waals surface area contributed by atoms with Crippen LogP contribution < -0.4 is 0 Å². The van der Waals surface area contributed by atoms with Crippen LogP contribution >= 0.6 is 0 Å². The van der Waals surface area contributed by atoms with Crippen LogP contribution in [0.5, 0.6) is 0 Å². The van der Waals surface area contributed by atoms with E-state index >= 15 is 0 Å². The van der Waals surface area contributed by atoms with Crippen LogP contribution in [0.25, 0.3) is 0 Å². The number of esters is 1. The van der Waals surface area contributed by atoms with E-state index in [1.165, 1.54) is 4.90 Å². The lowest BCUT2D eigenvalue weighted by Crippen LogP contribution is -2.58. The van der Waals surface area contributed by atoms with Crippen LogP contribution in [0, 0.1) is 17.8 Å². The lowest BCUT2D eigenvalue weighted by molar-refractivity contribution is -0.164. The number of carbonyl (C=O) groups excluding carboxylic acids is 3. The van der Waals surface area contributed by atoms with Gasteiger partial charge in [0.15, 0.2) is 0 Å². The van der Waals surface area contributed by atoms with Crippen molar-refractivity contribution in [1.29, 1.82) is 0 Å². The number of ether oxygens (including phenoxy) is 2. The Kier molecular flexibility index (Phi) is 8.90. The molecule has 8 heteroatoms. The summed E-state index contributed by atoms with van der Waals surface area (Å²) in [6.45, 7) is 15.4. The summed E-state index contributed by atoms with van der Waals surface area (Å²) in [6, 6.07) is 7.25. The number of rotatable bonds is 13. The second-order valence-electron chi connectivity index (χ2n) is 11.9. The maximum atomic E-state index is 14.5. The number of allylic oxidation sites excluding steroid dienone is 1. The zero-order chi connectivity index (χ0) is 29.2. The molecule has 1 aromatic carbocycles. The van der Waals surface area contributed by atoms with Crippen LogP contribution in [-0.4, -0.2) is 75.7 Å². The van der Waals surface area contributed by atoms with Gasteiger partial charge in [0.25, 0.3) is 0 Å². The Hall–Kier alpha value is -2.97. The van der Waals surface area contributed by atoms with Gasteiger partial charge in [-0.25, -0.2) is 0 Å². The summed E-state index contributed by atoms with van der Waals surface area (Å²) in [6.07, 6.45) is 6.33. The predicted octanol–water partition coefficient (Wildman–Crippen LogP) is 4.05. The van der Waals surface area contributed by atoms with E-state index in [9.17, 15) is 19.5 Å². The van der Waals surface area contributed by atoms with Crippen molar-refractivity contribution in [2.75, 3.05) is 19.8 Å². The Labute approximate surface area is 238 Å². The van der Waals surface area contributed by atoms with Crippen molar-refractivity contribution in [1.82, 2.24) is 9.80 Å². The molecule has 0 aliphatic carbocycles. The summed E-state index contributed by atoms with van der Waals surface area (Å²) < 4.78 is 12.5. The number of aliphatic hydroxyl groups excluding tert-OH is 1. The lowest BCUT2D eigenvalue weighted by Gasteiger charge is -2.40. The molecule has 0 aromatic heterocycles. The van der Waals surface area contributed by atoms with Gasteiger partial charge in [0.05, 0.1) is 30.8 Å². The Morgan fingerprint density at radius 1 is 1.23 bits per heavy atom. The molecule has 0 saturated carbocycles. The Balaban J connectivity index is 1.80. The second kappa shape index (κ2) is 11.9. The average Bonchev–Trinajstić information content (AvgIpc) is 3.44. The lowest BCUT2D eigenvalue weighted by atomic mass is 9.62. The largest absolute Gasteiger partial charge is 0.465 e. The molecule has 40 heavy (non-hydrogen) atoms. The van der Waals surface area contributed by atoms with Crippen molar-refractivity contribution in [2.45, 2.75) is 82.7 Å². The molecule has 3 aliphatic heterocycles. The minimum atomic E-state index is -1.22. The highest BCUT2D eigenvalue weighted by Gasteiger charge is 2.80. The molecular formula is C32H44N2O6. The molecule has 3 saturated heterocycles. The first-order chi connectivity index (χ1) is 19.1. The van der Waals surface area contributed by atoms with E-state index in [0.717, 1.165) is 12.8 Å². The van der Waals surface area contributed by atoms with Crippen molar-refractivity contribution in [3.63, 3.8) is 0 Å². The van der Waals surface area contributed by atoms with Crippen molar-refractivity contribution < 1.29 is 29.0 Å². The highest BCUT2D eigenvalue weighted by Crippen LogP contribution is 2.66. The number of carbonyl (C=O) groups is 3. The summed E-state index contributed by atoms with van der Waals surface area (Å²) in [4.78, 5) is 45.9. The molecule has 4 rings (SSSR count). The molecule has 218 valence electrons. The number of amides is 2. The Bertz CT molecular complexity index is 1120. The molecular weight excluding hydrogens is 508 g/mol. The number of hydrogen-bond donors (Lipinski definition) is 1. The second-order valence-corrected chi connectivity index (χ2v) is 11.9. The molecule has 1 aromatic rings. The van der Waals surface area contributed by atoms with Crippen LogP contribution in [0.15, 0.2) is 55.6 Å². The van der Waals surface area contributed by atoms with E-state index in [4.69, 9.17) is 9.47 Å². The maximum Gasteiger partial charge on any atom is 0.312 e. The van der Waals surface area contributed by atoms with Gasteiger partial charge in [-0.05, 0) is 57.9 Å². The number of hydrogen-bond acceptors (Lipinski definition) is 6. The number of likely N-dealkylation sites (tertiary alicyclic amines) is 1. The Morgan fingerprint density at radius 2 is 1.93 bits per heavy atom. The first-order valence-electron chi connectivity index (χ1n) is 14.5. The molecule has 1 spiro atoms. The van der Waals surface area contributed by atoms with E-state index in [2.05, 4.69) is 13.2 Å². The van der Waals surface area contributed by atoms with Gasteiger partial charge in [-0.1, -0.05) is 49.4 Å². The van der Waals surface area contributed by atoms with E-state index in [0.29, 0.717) is 24.9 Å².